The Kier molecular flexibility index (Phi) is 3.91. The molecule has 1 heterocycles. The van der Waals surface area contributed by atoms with Crippen LogP contribution in [0.1, 0.15) is 12.0 Å². The van der Waals surface area contributed by atoms with E-state index in [-0.39, 0.29) is 4.60 Å². The summed E-state index contributed by atoms with van der Waals surface area (Å²) in [5.74, 6) is 0. The predicted octanol–water partition coefficient (Wildman–Crippen LogP) is 3.36. The third-order valence-corrected chi connectivity index (χ3v) is 3.51. The van der Waals surface area contributed by atoms with Crippen LogP contribution in [0.5, 0.6) is 0 Å². The van der Waals surface area contributed by atoms with Crippen molar-refractivity contribution in [3.8, 4) is 0 Å². The topological polar surface area (TPSA) is 47.0 Å². The van der Waals surface area contributed by atoms with E-state index < -0.39 is 31.1 Å². The first-order valence-corrected chi connectivity index (χ1v) is 6.80. The maximum absolute atomic E-state index is 12.4. The molecule has 0 bridgehead atoms. The van der Waals surface area contributed by atoms with Crippen molar-refractivity contribution in [2.75, 3.05) is 0 Å². The first-order valence-electron chi connectivity index (χ1n) is 3.32. The molecule has 0 aliphatic carbocycles. The van der Waals surface area contributed by atoms with Gasteiger partial charge in [0.2, 0.25) is 0 Å². The van der Waals surface area contributed by atoms with Gasteiger partial charge in [0.05, 0.1) is 10.6 Å². The van der Waals surface area contributed by atoms with Crippen molar-refractivity contribution < 1.29 is 17.2 Å². The summed E-state index contributed by atoms with van der Waals surface area (Å²) in [6.45, 7) is 0. The molecule has 0 amide bonds. The van der Waals surface area contributed by atoms with Crippen molar-refractivity contribution in [1.29, 1.82) is 0 Å². The zero-order chi connectivity index (χ0) is 11.8. The third kappa shape index (κ3) is 2.99. The lowest BCUT2D eigenvalue weighted by Crippen LogP contribution is -1.99. The first kappa shape index (κ1) is 13.1. The highest BCUT2D eigenvalue weighted by Gasteiger charge is 2.22. The second kappa shape index (κ2) is 4.48. The standard InChI is InChI=1S/C6H2BrCl2F2NO2S/c7-5-4(6(10)11)2(8)1-3(12-5)15(9,13)14/h1,6H. The predicted molar refractivity (Wildman–Crippen MR) is 54.9 cm³/mol. The Morgan fingerprint density at radius 3 is 2.33 bits per heavy atom. The van der Waals surface area contributed by atoms with Gasteiger partial charge in [-0.1, -0.05) is 11.6 Å². The summed E-state index contributed by atoms with van der Waals surface area (Å²) in [5.41, 5.74) is -0.569. The fourth-order valence-corrected chi connectivity index (χ4v) is 2.64. The van der Waals surface area contributed by atoms with E-state index in [0.717, 1.165) is 6.07 Å². The Labute approximate surface area is 102 Å². The average molecular weight is 341 g/mol. The SMILES string of the molecule is O=S(=O)(Cl)c1cc(Cl)c(C(F)F)c(Br)n1. The highest BCUT2D eigenvalue weighted by Crippen LogP contribution is 2.34. The molecule has 0 N–H and O–H groups in total. The zero-order valence-corrected chi connectivity index (χ0v) is 10.6. The fraction of sp³-hybridized carbons (Fsp3) is 0.167. The van der Waals surface area contributed by atoms with Crippen molar-refractivity contribution >= 4 is 47.3 Å². The van der Waals surface area contributed by atoms with Crippen LogP contribution >= 0.6 is 38.2 Å². The van der Waals surface area contributed by atoms with Gasteiger partial charge in [0.15, 0.2) is 5.03 Å². The Morgan fingerprint density at radius 2 is 2.00 bits per heavy atom. The number of hydrogen-bond donors (Lipinski definition) is 0. The molecular formula is C6H2BrCl2F2NO2S. The molecule has 0 aliphatic heterocycles. The fourth-order valence-electron chi connectivity index (χ4n) is 0.793. The molecule has 1 rings (SSSR count). The van der Waals surface area contributed by atoms with Gasteiger partial charge < -0.3 is 0 Å². The number of aromatic nitrogens is 1. The normalized spacial score (nSPS) is 12.1. The second-order valence-electron chi connectivity index (χ2n) is 2.39. The second-order valence-corrected chi connectivity index (χ2v) is 6.06. The number of hydrogen-bond acceptors (Lipinski definition) is 3. The van der Waals surface area contributed by atoms with Crippen molar-refractivity contribution in [2.45, 2.75) is 11.5 Å². The van der Waals surface area contributed by atoms with Gasteiger partial charge >= 0.3 is 0 Å². The van der Waals surface area contributed by atoms with Crippen LogP contribution in [0.3, 0.4) is 0 Å². The molecule has 0 saturated carbocycles. The summed E-state index contributed by atoms with van der Waals surface area (Å²) in [7, 11) is 0.889. The molecule has 0 fully saturated rings. The van der Waals surface area contributed by atoms with Crippen molar-refractivity contribution in [1.82, 2.24) is 4.98 Å². The summed E-state index contributed by atoms with van der Waals surface area (Å²) in [4.78, 5) is 3.36. The number of rotatable bonds is 2. The van der Waals surface area contributed by atoms with Crippen molar-refractivity contribution in [3.05, 3.63) is 21.3 Å². The molecule has 0 spiro atoms. The Morgan fingerprint density at radius 1 is 1.47 bits per heavy atom. The molecule has 1 aromatic heterocycles. The maximum atomic E-state index is 12.4. The molecule has 9 heteroatoms. The summed E-state index contributed by atoms with van der Waals surface area (Å²) < 4.78 is 46.1. The van der Waals surface area contributed by atoms with E-state index in [0.29, 0.717) is 0 Å². The van der Waals surface area contributed by atoms with E-state index in [4.69, 9.17) is 22.3 Å². The van der Waals surface area contributed by atoms with Crippen LogP contribution in [0.25, 0.3) is 0 Å². The Balaban J connectivity index is 3.45. The van der Waals surface area contributed by atoms with E-state index in [1.165, 1.54) is 0 Å². The van der Waals surface area contributed by atoms with Crippen LogP contribution in [0.4, 0.5) is 8.78 Å². The number of pyridine rings is 1. The Bertz CT molecular complexity index is 471. The summed E-state index contributed by atoms with van der Waals surface area (Å²) in [5, 5.41) is -0.989. The quantitative estimate of drug-likeness (QED) is 0.612. The average Bonchev–Trinajstić information content (AvgIpc) is 1.99. The van der Waals surface area contributed by atoms with E-state index in [1.807, 2.05) is 0 Å². The lowest BCUT2D eigenvalue weighted by Gasteiger charge is -2.06. The zero-order valence-electron chi connectivity index (χ0n) is 6.72. The molecule has 84 valence electrons. The van der Waals surface area contributed by atoms with Crippen LogP contribution in [-0.4, -0.2) is 13.4 Å². The van der Waals surface area contributed by atoms with E-state index in [2.05, 4.69) is 20.9 Å². The van der Waals surface area contributed by atoms with Crippen molar-refractivity contribution in [3.63, 3.8) is 0 Å². The van der Waals surface area contributed by atoms with Gasteiger partial charge in [0.1, 0.15) is 4.60 Å². The third-order valence-electron chi connectivity index (χ3n) is 1.41. The van der Waals surface area contributed by atoms with Crippen LogP contribution in [-0.2, 0) is 9.05 Å². The van der Waals surface area contributed by atoms with Crippen LogP contribution in [0.2, 0.25) is 5.02 Å². The summed E-state index contributed by atoms with van der Waals surface area (Å²) >= 11 is 8.15. The van der Waals surface area contributed by atoms with Gasteiger partial charge in [-0.2, -0.15) is 0 Å². The molecule has 0 atom stereocenters. The van der Waals surface area contributed by atoms with Gasteiger partial charge in [0.25, 0.3) is 15.5 Å². The van der Waals surface area contributed by atoms with Gasteiger partial charge in [-0.05, 0) is 22.0 Å². The van der Waals surface area contributed by atoms with E-state index in [9.17, 15) is 17.2 Å². The maximum Gasteiger partial charge on any atom is 0.278 e. The molecule has 15 heavy (non-hydrogen) atoms. The minimum absolute atomic E-state index is 0.343. The van der Waals surface area contributed by atoms with Crippen LogP contribution in [0.15, 0.2) is 15.7 Å². The number of alkyl halides is 2. The number of nitrogens with zero attached hydrogens (tertiary/aromatic N) is 1. The van der Waals surface area contributed by atoms with Crippen LogP contribution in [0, 0.1) is 0 Å². The minimum atomic E-state index is -4.09. The lowest BCUT2D eigenvalue weighted by atomic mass is 10.3. The Hall–Kier alpha value is 0.0200. The molecule has 3 nitrogen and oxygen atoms in total. The molecular weight excluding hydrogens is 339 g/mol. The minimum Gasteiger partial charge on any atom is -0.227 e. The first-order chi connectivity index (χ1) is 6.73. The molecule has 0 unspecified atom stereocenters. The molecule has 0 saturated heterocycles. The van der Waals surface area contributed by atoms with Gasteiger partial charge in [-0.15, -0.1) is 0 Å². The van der Waals surface area contributed by atoms with Gasteiger partial charge in [0, 0.05) is 10.7 Å². The summed E-state index contributed by atoms with van der Waals surface area (Å²) in [6, 6.07) is 0.774. The number of halogens is 5. The smallest absolute Gasteiger partial charge is 0.227 e. The van der Waals surface area contributed by atoms with Crippen molar-refractivity contribution in [2.24, 2.45) is 0 Å². The van der Waals surface area contributed by atoms with Crippen LogP contribution < -0.4 is 0 Å². The molecule has 0 radical (unpaired) electrons. The summed E-state index contributed by atoms with van der Waals surface area (Å²) in [6.07, 6.45) is -2.86. The molecule has 0 aromatic carbocycles. The largest absolute Gasteiger partial charge is 0.278 e. The lowest BCUT2D eigenvalue weighted by molar-refractivity contribution is 0.150. The highest BCUT2D eigenvalue weighted by atomic mass is 79.9. The molecule has 0 aliphatic rings. The van der Waals surface area contributed by atoms with Gasteiger partial charge in [-0.25, -0.2) is 22.2 Å². The van der Waals surface area contributed by atoms with E-state index in [1.54, 1.807) is 0 Å². The van der Waals surface area contributed by atoms with E-state index >= 15 is 0 Å². The monoisotopic (exact) mass is 339 g/mol. The van der Waals surface area contributed by atoms with Gasteiger partial charge in [-0.3, -0.25) is 0 Å². The highest BCUT2D eigenvalue weighted by molar-refractivity contribution is 9.10. The molecule has 1 aromatic rings.